The smallest absolute Gasteiger partial charge is 0.365 e. The molecule has 0 amide bonds. The summed E-state index contributed by atoms with van der Waals surface area (Å²) in [4.78, 5) is 19.2. The molecule has 2 aromatic rings. The van der Waals surface area contributed by atoms with E-state index >= 15 is 0 Å². The van der Waals surface area contributed by atoms with E-state index in [0.29, 0.717) is 5.71 Å². The molecule has 5 heteroatoms. The average molecular weight is 246 g/mol. The van der Waals surface area contributed by atoms with Gasteiger partial charge in [0.15, 0.2) is 0 Å². The zero-order chi connectivity index (χ0) is 13.0. The molecule has 2 rings (SSSR count). The van der Waals surface area contributed by atoms with Crippen LogP contribution < -0.4 is 0 Å². The van der Waals surface area contributed by atoms with Crippen molar-refractivity contribution in [2.75, 3.05) is 0 Å². The van der Waals surface area contributed by atoms with Crippen molar-refractivity contribution >= 4 is 11.7 Å². The lowest BCUT2D eigenvalue weighted by atomic mass is 10.2. The summed E-state index contributed by atoms with van der Waals surface area (Å²) >= 11 is 0. The quantitative estimate of drug-likeness (QED) is 0.514. The number of rotatable bonds is 3. The molecular formula is C13H11FN2O2. The van der Waals surface area contributed by atoms with Crippen LogP contribution in [0.3, 0.4) is 0 Å². The van der Waals surface area contributed by atoms with Gasteiger partial charge in [-0.1, -0.05) is 11.2 Å². The number of hydrogen-bond acceptors (Lipinski definition) is 3. The first-order chi connectivity index (χ1) is 8.66. The molecule has 0 fully saturated rings. The number of nitrogens with zero attached hydrogens (tertiary/aromatic N) is 1. The first-order valence-corrected chi connectivity index (χ1v) is 5.31. The van der Waals surface area contributed by atoms with E-state index in [9.17, 15) is 9.18 Å². The van der Waals surface area contributed by atoms with Crippen molar-refractivity contribution in [3.63, 3.8) is 0 Å². The van der Waals surface area contributed by atoms with Crippen molar-refractivity contribution in [3.05, 3.63) is 59.7 Å². The summed E-state index contributed by atoms with van der Waals surface area (Å²) < 4.78 is 12.9. The number of hydrogen-bond donors (Lipinski definition) is 1. The maximum Gasteiger partial charge on any atom is 0.365 e. The van der Waals surface area contributed by atoms with Gasteiger partial charge in [-0.3, -0.25) is 0 Å². The summed E-state index contributed by atoms with van der Waals surface area (Å²) in [7, 11) is 0. The zero-order valence-corrected chi connectivity index (χ0v) is 9.68. The number of nitrogens with one attached hydrogen (secondary N) is 1. The highest BCUT2D eigenvalue weighted by Crippen LogP contribution is 2.06. The second-order valence-corrected chi connectivity index (χ2v) is 3.67. The van der Waals surface area contributed by atoms with E-state index in [2.05, 4.69) is 10.1 Å². The zero-order valence-electron chi connectivity index (χ0n) is 9.68. The monoisotopic (exact) mass is 246 g/mol. The molecule has 0 saturated carbocycles. The number of carbonyl (C=O) groups excluding carboxylic acids is 1. The van der Waals surface area contributed by atoms with Gasteiger partial charge in [-0.2, -0.15) is 0 Å². The minimum atomic E-state index is -0.690. The first kappa shape index (κ1) is 12.0. The van der Waals surface area contributed by atoms with E-state index in [-0.39, 0.29) is 5.56 Å². The van der Waals surface area contributed by atoms with Crippen LogP contribution in [-0.4, -0.2) is 16.7 Å². The maximum absolute atomic E-state index is 12.9. The van der Waals surface area contributed by atoms with Crippen LogP contribution in [0.1, 0.15) is 22.8 Å². The first-order valence-electron chi connectivity index (χ1n) is 5.31. The van der Waals surface area contributed by atoms with Crippen molar-refractivity contribution in [1.82, 2.24) is 4.98 Å². The van der Waals surface area contributed by atoms with Crippen LogP contribution in [0.15, 0.2) is 47.9 Å². The van der Waals surface area contributed by atoms with Crippen molar-refractivity contribution in [2.24, 2.45) is 5.16 Å². The Kier molecular flexibility index (Phi) is 3.52. The third-order valence-electron chi connectivity index (χ3n) is 2.34. The average Bonchev–Trinajstić information content (AvgIpc) is 2.89. The molecule has 0 aliphatic carbocycles. The Morgan fingerprint density at radius 1 is 1.33 bits per heavy atom. The normalized spacial score (nSPS) is 11.3. The summed E-state index contributed by atoms with van der Waals surface area (Å²) in [6.45, 7) is 1.71. The van der Waals surface area contributed by atoms with Crippen LogP contribution in [0.25, 0.3) is 0 Å². The lowest BCUT2D eigenvalue weighted by Gasteiger charge is -1.99. The standard InChI is InChI=1S/C13H11FN2O2/c1-9(11-5-6-15-8-11)16-18-13(17)10-3-2-4-12(14)7-10/h2-8,15H,1H3. The topological polar surface area (TPSA) is 54.4 Å². The fourth-order valence-electron chi connectivity index (χ4n) is 1.38. The largest absolute Gasteiger partial charge is 0.367 e. The van der Waals surface area contributed by atoms with Crippen molar-refractivity contribution < 1.29 is 14.0 Å². The molecule has 0 radical (unpaired) electrons. The number of aromatic amines is 1. The second kappa shape index (κ2) is 5.27. The third-order valence-corrected chi connectivity index (χ3v) is 2.34. The summed E-state index contributed by atoms with van der Waals surface area (Å²) in [5.41, 5.74) is 1.50. The summed E-state index contributed by atoms with van der Waals surface area (Å²) in [6, 6.07) is 7.06. The van der Waals surface area contributed by atoms with Crippen molar-refractivity contribution in [2.45, 2.75) is 6.92 Å². The third kappa shape index (κ3) is 2.82. The van der Waals surface area contributed by atoms with Gasteiger partial charge < -0.3 is 9.82 Å². The molecule has 18 heavy (non-hydrogen) atoms. The molecule has 1 N–H and O–H groups in total. The summed E-state index contributed by atoms with van der Waals surface area (Å²) in [6.07, 6.45) is 3.47. The van der Waals surface area contributed by atoms with Crippen molar-refractivity contribution in [1.29, 1.82) is 0 Å². The number of halogens is 1. The van der Waals surface area contributed by atoms with Crippen LogP contribution in [-0.2, 0) is 4.84 Å². The fourth-order valence-corrected chi connectivity index (χ4v) is 1.38. The molecule has 0 bridgehead atoms. The van der Waals surface area contributed by atoms with Gasteiger partial charge in [0, 0.05) is 18.0 Å². The van der Waals surface area contributed by atoms with Gasteiger partial charge >= 0.3 is 5.97 Å². The lowest BCUT2D eigenvalue weighted by Crippen LogP contribution is -2.03. The predicted octanol–water partition coefficient (Wildman–Crippen LogP) is 2.73. The Labute approximate surface area is 103 Å². The highest BCUT2D eigenvalue weighted by Gasteiger charge is 2.08. The number of benzene rings is 1. The molecule has 0 unspecified atom stereocenters. The van der Waals surface area contributed by atoms with Crippen molar-refractivity contribution in [3.8, 4) is 0 Å². The van der Waals surface area contributed by atoms with Crippen LogP contribution in [0.5, 0.6) is 0 Å². The van der Waals surface area contributed by atoms with E-state index in [4.69, 9.17) is 4.84 Å². The lowest BCUT2D eigenvalue weighted by molar-refractivity contribution is 0.0516. The molecule has 92 valence electrons. The van der Waals surface area contributed by atoms with E-state index in [0.717, 1.165) is 11.6 Å². The van der Waals surface area contributed by atoms with E-state index in [1.165, 1.54) is 18.2 Å². The Hall–Kier alpha value is -2.43. The number of oxime groups is 1. The Morgan fingerprint density at radius 3 is 2.83 bits per heavy atom. The summed E-state index contributed by atoms with van der Waals surface area (Å²) in [5, 5.41) is 3.70. The molecule has 4 nitrogen and oxygen atoms in total. The molecule has 1 aromatic heterocycles. The van der Waals surface area contributed by atoms with E-state index in [1.807, 2.05) is 0 Å². The van der Waals surface area contributed by atoms with E-state index < -0.39 is 11.8 Å². The second-order valence-electron chi connectivity index (χ2n) is 3.67. The number of H-pyrrole nitrogens is 1. The van der Waals surface area contributed by atoms with Gasteiger partial charge in [0.1, 0.15) is 5.82 Å². The molecule has 0 aliphatic rings. The minimum absolute atomic E-state index is 0.126. The number of carbonyl (C=O) groups is 1. The maximum atomic E-state index is 12.9. The Morgan fingerprint density at radius 2 is 2.17 bits per heavy atom. The molecule has 0 saturated heterocycles. The Balaban J connectivity index is 2.07. The highest BCUT2D eigenvalue weighted by molar-refractivity contribution is 5.99. The number of aromatic nitrogens is 1. The predicted molar refractivity (Wildman–Crippen MR) is 64.8 cm³/mol. The summed E-state index contributed by atoms with van der Waals surface area (Å²) in [5.74, 6) is -1.18. The molecule has 1 heterocycles. The van der Waals surface area contributed by atoms with Crippen LogP contribution in [0.2, 0.25) is 0 Å². The molecule has 0 spiro atoms. The molecule has 0 aliphatic heterocycles. The van der Waals surface area contributed by atoms with Gasteiger partial charge in [-0.15, -0.1) is 0 Å². The van der Waals surface area contributed by atoms with Gasteiger partial charge in [0.05, 0.1) is 11.3 Å². The van der Waals surface area contributed by atoms with Crippen LogP contribution in [0.4, 0.5) is 4.39 Å². The van der Waals surface area contributed by atoms with Crippen LogP contribution >= 0.6 is 0 Å². The van der Waals surface area contributed by atoms with Gasteiger partial charge in [-0.25, -0.2) is 9.18 Å². The Bertz CT molecular complexity index is 576. The minimum Gasteiger partial charge on any atom is -0.367 e. The fraction of sp³-hybridized carbons (Fsp3) is 0.0769. The molecule has 1 aromatic carbocycles. The SMILES string of the molecule is CC(=NOC(=O)c1cccc(F)c1)c1cc[nH]c1. The molecular weight excluding hydrogens is 235 g/mol. The van der Waals surface area contributed by atoms with Gasteiger partial charge in [-0.05, 0) is 31.2 Å². The van der Waals surface area contributed by atoms with Gasteiger partial charge in [0.25, 0.3) is 0 Å². The van der Waals surface area contributed by atoms with Gasteiger partial charge in [0.2, 0.25) is 0 Å². The highest BCUT2D eigenvalue weighted by atomic mass is 19.1. The molecule has 0 atom stereocenters. The van der Waals surface area contributed by atoms with Crippen LogP contribution in [0, 0.1) is 5.82 Å². The van der Waals surface area contributed by atoms with E-state index in [1.54, 1.807) is 25.4 Å².